The molecule has 1 atom stereocenters. The minimum absolute atomic E-state index is 0.413. The summed E-state index contributed by atoms with van der Waals surface area (Å²) >= 11 is 0. The van der Waals surface area contributed by atoms with E-state index >= 15 is 0 Å². The summed E-state index contributed by atoms with van der Waals surface area (Å²) in [6, 6.07) is 1.97. The second kappa shape index (κ2) is 4.87. The van der Waals surface area contributed by atoms with Crippen LogP contribution in [0.5, 0.6) is 0 Å². The van der Waals surface area contributed by atoms with Crippen molar-refractivity contribution >= 4 is 5.97 Å². The maximum absolute atomic E-state index is 11.1. The van der Waals surface area contributed by atoms with Crippen LogP contribution in [-0.4, -0.2) is 32.9 Å². The molecule has 0 bridgehead atoms. The van der Waals surface area contributed by atoms with Gasteiger partial charge in [-0.3, -0.25) is 9.48 Å². The first kappa shape index (κ1) is 12.1. The van der Waals surface area contributed by atoms with Crippen molar-refractivity contribution in [3.05, 3.63) is 17.5 Å². The molecule has 0 spiro atoms. The molecule has 1 unspecified atom stereocenters. The number of carboxylic acid groups (broad SMARTS) is 1. The number of nitrogens with one attached hydrogen (secondary N) is 1. The van der Waals surface area contributed by atoms with Crippen molar-refractivity contribution in [2.75, 3.05) is 0 Å². The quantitative estimate of drug-likeness (QED) is 0.777. The monoisotopic (exact) mass is 237 g/mol. The maximum atomic E-state index is 11.1. The van der Waals surface area contributed by atoms with Gasteiger partial charge >= 0.3 is 5.97 Å². The molecule has 1 aromatic heterocycles. The minimum atomic E-state index is -0.765. The number of aliphatic carboxylic acids is 1. The highest BCUT2D eigenvalue weighted by atomic mass is 16.4. The van der Waals surface area contributed by atoms with E-state index in [4.69, 9.17) is 5.11 Å². The molecule has 0 radical (unpaired) electrons. The lowest BCUT2D eigenvalue weighted by molar-refractivity contribution is -0.139. The van der Waals surface area contributed by atoms with Gasteiger partial charge in [-0.05, 0) is 39.2 Å². The van der Waals surface area contributed by atoms with E-state index in [0.717, 1.165) is 24.2 Å². The van der Waals surface area contributed by atoms with Gasteiger partial charge in [-0.2, -0.15) is 5.10 Å². The van der Waals surface area contributed by atoms with E-state index in [1.165, 1.54) is 0 Å². The Morgan fingerprint density at radius 1 is 1.65 bits per heavy atom. The Bertz CT molecular complexity index is 410. The minimum Gasteiger partial charge on any atom is -0.480 e. The lowest BCUT2D eigenvalue weighted by Gasteiger charge is -2.14. The van der Waals surface area contributed by atoms with Crippen LogP contribution in [0.15, 0.2) is 6.07 Å². The van der Waals surface area contributed by atoms with Gasteiger partial charge in [-0.15, -0.1) is 0 Å². The number of carbonyl (C=O) groups is 1. The fourth-order valence-corrected chi connectivity index (χ4v) is 1.97. The van der Waals surface area contributed by atoms with E-state index in [0.29, 0.717) is 19.0 Å². The Balaban J connectivity index is 1.89. The van der Waals surface area contributed by atoms with Crippen molar-refractivity contribution in [2.45, 2.75) is 51.7 Å². The lowest BCUT2D eigenvalue weighted by atomic mass is 10.2. The third kappa shape index (κ3) is 3.30. The van der Waals surface area contributed by atoms with Crippen LogP contribution in [-0.2, 0) is 11.3 Å². The maximum Gasteiger partial charge on any atom is 0.320 e. The molecule has 94 valence electrons. The van der Waals surface area contributed by atoms with Crippen molar-refractivity contribution < 1.29 is 9.90 Å². The van der Waals surface area contributed by atoms with Gasteiger partial charge in [0.15, 0.2) is 0 Å². The molecular weight excluding hydrogens is 218 g/mol. The van der Waals surface area contributed by atoms with Crippen LogP contribution < -0.4 is 5.32 Å². The number of hydrogen-bond acceptors (Lipinski definition) is 3. The van der Waals surface area contributed by atoms with E-state index in [1.54, 1.807) is 0 Å². The molecule has 2 rings (SSSR count). The fourth-order valence-electron chi connectivity index (χ4n) is 1.97. The lowest BCUT2D eigenvalue weighted by Crippen LogP contribution is -2.39. The van der Waals surface area contributed by atoms with Gasteiger partial charge in [0.2, 0.25) is 0 Å². The first-order valence-corrected chi connectivity index (χ1v) is 6.06. The molecule has 1 aliphatic rings. The highest BCUT2D eigenvalue weighted by Crippen LogP contribution is 2.20. The second-order valence-electron chi connectivity index (χ2n) is 4.77. The average Bonchev–Trinajstić information content (AvgIpc) is 2.99. The molecule has 17 heavy (non-hydrogen) atoms. The predicted molar refractivity (Wildman–Crippen MR) is 63.9 cm³/mol. The SMILES string of the molecule is Cc1cc(C)n(CCC(NC2CC2)C(=O)O)n1. The molecule has 0 aliphatic heterocycles. The Labute approximate surface area is 101 Å². The van der Waals surface area contributed by atoms with Gasteiger partial charge in [-0.25, -0.2) is 0 Å². The summed E-state index contributed by atoms with van der Waals surface area (Å²) in [6.45, 7) is 4.58. The zero-order chi connectivity index (χ0) is 12.4. The molecule has 1 heterocycles. The molecule has 5 nitrogen and oxygen atoms in total. The van der Waals surface area contributed by atoms with Crippen LogP contribution in [0, 0.1) is 13.8 Å². The van der Waals surface area contributed by atoms with Gasteiger partial charge in [0.25, 0.3) is 0 Å². The van der Waals surface area contributed by atoms with Crippen molar-refractivity contribution in [1.82, 2.24) is 15.1 Å². The van der Waals surface area contributed by atoms with Gasteiger partial charge in [0.05, 0.1) is 5.69 Å². The number of carboxylic acids is 1. The summed E-state index contributed by atoms with van der Waals surface area (Å²) in [5.41, 5.74) is 2.06. The molecule has 1 aliphatic carbocycles. The summed E-state index contributed by atoms with van der Waals surface area (Å²) in [6.07, 6.45) is 2.78. The van der Waals surface area contributed by atoms with Gasteiger partial charge in [-0.1, -0.05) is 0 Å². The number of aromatic nitrogens is 2. The molecule has 1 fully saturated rings. The Kier molecular flexibility index (Phi) is 3.47. The third-order valence-corrected chi connectivity index (χ3v) is 3.05. The smallest absolute Gasteiger partial charge is 0.320 e. The second-order valence-corrected chi connectivity index (χ2v) is 4.77. The third-order valence-electron chi connectivity index (χ3n) is 3.05. The summed E-state index contributed by atoms with van der Waals surface area (Å²) in [5, 5.41) is 16.6. The topological polar surface area (TPSA) is 67.2 Å². The molecular formula is C12H19N3O2. The summed E-state index contributed by atoms with van der Waals surface area (Å²) in [5.74, 6) is -0.765. The van der Waals surface area contributed by atoms with E-state index in [9.17, 15) is 4.79 Å². The highest BCUT2D eigenvalue weighted by Gasteiger charge is 2.28. The van der Waals surface area contributed by atoms with Gasteiger partial charge in [0.1, 0.15) is 6.04 Å². The average molecular weight is 237 g/mol. The predicted octanol–water partition coefficient (Wildman–Crippen LogP) is 1.10. The zero-order valence-electron chi connectivity index (χ0n) is 10.3. The first-order valence-electron chi connectivity index (χ1n) is 6.06. The van der Waals surface area contributed by atoms with E-state index in [2.05, 4.69) is 10.4 Å². The number of hydrogen-bond donors (Lipinski definition) is 2. The van der Waals surface area contributed by atoms with Crippen molar-refractivity contribution in [3.63, 3.8) is 0 Å². The van der Waals surface area contributed by atoms with Gasteiger partial charge in [0, 0.05) is 18.3 Å². The van der Waals surface area contributed by atoms with E-state index in [-0.39, 0.29) is 0 Å². The number of aryl methyl sites for hydroxylation is 3. The first-order chi connectivity index (χ1) is 8.06. The summed E-state index contributed by atoms with van der Waals surface area (Å²) in [7, 11) is 0. The Morgan fingerprint density at radius 2 is 2.35 bits per heavy atom. The van der Waals surface area contributed by atoms with Crippen molar-refractivity contribution in [3.8, 4) is 0 Å². The normalized spacial score (nSPS) is 17.1. The van der Waals surface area contributed by atoms with Crippen LogP contribution in [0.4, 0.5) is 0 Å². The van der Waals surface area contributed by atoms with Crippen LogP contribution in [0.2, 0.25) is 0 Å². The van der Waals surface area contributed by atoms with E-state index in [1.807, 2.05) is 24.6 Å². The largest absolute Gasteiger partial charge is 0.480 e. The standard InChI is InChI=1S/C12H19N3O2/c1-8-7-9(2)15(14-8)6-5-11(12(16)17)13-10-3-4-10/h7,10-11,13H,3-6H2,1-2H3,(H,16,17). The van der Waals surface area contributed by atoms with Crippen LogP contribution in [0.1, 0.15) is 30.7 Å². The van der Waals surface area contributed by atoms with Crippen LogP contribution in [0.3, 0.4) is 0 Å². The van der Waals surface area contributed by atoms with Crippen molar-refractivity contribution in [2.24, 2.45) is 0 Å². The molecule has 5 heteroatoms. The number of nitrogens with zero attached hydrogens (tertiary/aromatic N) is 2. The number of rotatable bonds is 6. The highest BCUT2D eigenvalue weighted by molar-refractivity contribution is 5.73. The summed E-state index contributed by atoms with van der Waals surface area (Å²) < 4.78 is 1.87. The zero-order valence-corrected chi connectivity index (χ0v) is 10.3. The Hall–Kier alpha value is -1.36. The van der Waals surface area contributed by atoms with Crippen molar-refractivity contribution in [1.29, 1.82) is 0 Å². The molecule has 0 amide bonds. The fraction of sp³-hybridized carbons (Fsp3) is 0.667. The molecule has 2 N–H and O–H groups in total. The molecule has 1 saturated carbocycles. The van der Waals surface area contributed by atoms with E-state index < -0.39 is 12.0 Å². The molecule has 0 saturated heterocycles. The Morgan fingerprint density at radius 3 is 2.82 bits per heavy atom. The molecule has 0 aromatic carbocycles. The van der Waals surface area contributed by atoms with Crippen LogP contribution in [0.25, 0.3) is 0 Å². The van der Waals surface area contributed by atoms with Crippen LogP contribution >= 0.6 is 0 Å². The van der Waals surface area contributed by atoms with Gasteiger partial charge < -0.3 is 10.4 Å². The summed E-state index contributed by atoms with van der Waals surface area (Å²) in [4.78, 5) is 11.1. The molecule has 1 aromatic rings.